The third-order valence-electron chi connectivity index (χ3n) is 2.09. The van der Waals surface area contributed by atoms with E-state index in [1.165, 1.54) is 0 Å². The number of rotatable bonds is 3. The molecule has 88 valence electrons. The summed E-state index contributed by atoms with van der Waals surface area (Å²) in [4.78, 5) is 15.9. The molecule has 0 fully saturated rings. The number of nitrogens with zero attached hydrogens (tertiary/aromatic N) is 2. The average molecular weight is 268 g/mol. The van der Waals surface area contributed by atoms with Gasteiger partial charge in [-0.3, -0.25) is 10.1 Å². The maximum Gasteiger partial charge on any atom is 0.257 e. The van der Waals surface area contributed by atoms with Crippen LogP contribution in [0.3, 0.4) is 0 Å². The number of benzene rings is 1. The molecule has 1 aromatic heterocycles. The molecule has 0 spiro atoms. The summed E-state index contributed by atoms with van der Waals surface area (Å²) in [5, 5.41) is 3.20. The number of anilines is 1. The van der Waals surface area contributed by atoms with Gasteiger partial charge in [0.15, 0.2) is 0 Å². The molecule has 0 atom stereocenters. The molecule has 17 heavy (non-hydrogen) atoms. The maximum atomic E-state index is 11.9. The Morgan fingerprint density at radius 3 is 3.00 bits per heavy atom. The molecule has 0 aliphatic carbocycles. The van der Waals surface area contributed by atoms with Gasteiger partial charge in [0.25, 0.3) is 5.91 Å². The first-order valence-electron chi connectivity index (χ1n) is 4.95. The molecule has 0 aliphatic heterocycles. The van der Waals surface area contributed by atoms with Crippen LogP contribution in [-0.4, -0.2) is 15.3 Å². The minimum absolute atomic E-state index is 0.201. The van der Waals surface area contributed by atoms with E-state index in [0.717, 1.165) is 17.1 Å². The second-order valence-electron chi connectivity index (χ2n) is 3.43. The molecule has 1 N–H and O–H groups in total. The first-order chi connectivity index (χ1) is 8.19. The Morgan fingerprint density at radius 2 is 2.35 bits per heavy atom. The molecule has 1 heterocycles. The minimum Gasteiger partial charge on any atom is -0.297 e. The molecule has 1 amide bonds. The molecule has 0 saturated carbocycles. The van der Waals surface area contributed by atoms with Crippen molar-refractivity contribution in [2.24, 2.45) is 0 Å². The number of carbonyl (C=O) groups excluding carboxylic acids is 1. The topological polar surface area (TPSA) is 54.9 Å². The highest BCUT2D eigenvalue weighted by Gasteiger charge is 2.09. The summed E-state index contributed by atoms with van der Waals surface area (Å²) >= 11 is 6.88. The SMILES string of the molecule is Cc1nsc(NC(=O)c2cccc(CCl)c2)n1. The molecule has 1 aromatic carbocycles. The molecular weight excluding hydrogens is 258 g/mol. The first kappa shape index (κ1) is 12.0. The van der Waals surface area contributed by atoms with Crippen molar-refractivity contribution in [2.75, 3.05) is 5.32 Å². The normalized spacial score (nSPS) is 10.2. The van der Waals surface area contributed by atoms with Gasteiger partial charge in [-0.2, -0.15) is 4.37 Å². The zero-order chi connectivity index (χ0) is 12.3. The number of aryl methyl sites for hydroxylation is 1. The molecule has 4 nitrogen and oxygen atoms in total. The molecule has 0 aliphatic rings. The summed E-state index contributed by atoms with van der Waals surface area (Å²) in [5.41, 5.74) is 1.48. The predicted molar refractivity (Wildman–Crippen MR) is 68.6 cm³/mol. The van der Waals surface area contributed by atoms with Gasteiger partial charge in [0.2, 0.25) is 5.13 Å². The summed E-state index contributed by atoms with van der Waals surface area (Å²) in [6.07, 6.45) is 0. The Kier molecular flexibility index (Phi) is 3.71. The van der Waals surface area contributed by atoms with Crippen LogP contribution in [0.5, 0.6) is 0 Å². The fraction of sp³-hybridized carbons (Fsp3) is 0.182. The van der Waals surface area contributed by atoms with E-state index >= 15 is 0 Å². The highest BCUT2D eigenvalue weighted by Crippen LogP contribution is 2.13. The van der Waals surface area contributed by atoms with Gasteiger partial charge in [-0.15, -0.1) is 11.6 Å². The fourth-order valence-corrected chi connectivity index (χ4v) is 2.05. The van der Waals surface area contributed by atoms with E-state index in [1.54, 1.807) is 25.1 Å². The number of aromatic nitrogens is 2. The molecule has 0 saturated heterocycles. The standard InChI is InChI=1S/C11H10ClN3OS/c1-7-13-11(17-15-7)14-10(16)9-4-2-3-8(5-9)6-12/h2-5H,6H2,1H3,(H,13,14,15,16). The van der Waals surface area contributed by atoms with Crippen LogP contribution in [-0.2, 0) is 5.88 Å². The zero-order valence-electron chi connectivity index (χ0n) is 9.11. The van der Waals surface area contributed by atoms with Gasteiger partial charge in [0, 0.05) is 23.0 Å². The van der Waals surface area contributed by atoms with Gasteiger partial charge >= 0.3 is 0 Å². The Balaban J connectivity index is 2.14. The second-order valence-corrected chi connectivity index (χ2v) is 4.45. The largest absolute Gasteiger partial charge is 0.297 e. The quantitative estimate of drug-likeness (QED) is 0.870. The highest BCUT2D eigenvalue weighted by molar-refractivity contribution is 7.09. The lowest BCUT2D eigenvalue weighted by atomic mass is 10.1. The van der Waals surface area contributed by atoms with E-state index in [2.05, 4.69) is 14.7 Å². The monoisotopic (exact) mass is 267 g/mol. The van der Waals surface area contributed by atoms with Crippen LogP contribution in [0.1, 0.15) is 21.7 Å². The van der Waals surface area contributed by atoms with Crippen LogP contribution in [0.4, 0.5) is 5.13 Å². The van der Waals surface area contributed by atoms with E-state index in [4.69, 9.17) is 11.6 Å². The second kappa shape index (κ2) is 5.25. The van der Waals surface area contributed by atoms with Crippen molar-refractivity contribution >= 4 is 34.2 Å². The van der Waals surface area contributed by atoms with Crippen molar-refractivity contribution in [3.05, 3.63) is 41.2 Å². The number of hydrogen-bond donors (Lipinski definition) is 1. The van der Waals surface area contributed by atoms with Crippen LogP contribution >= 0.6 is 23.1 Å². The lowest BCUT2D eigenvalue weighted by Gasteiger charge is -2.02. The smallest absolute Gasteiger partial charge is 0.257 e. The van der Waals surface area contributed by atoms with Crippen LogP contribution in [0.15, 0.2) is 24.3 Å². The molecular formula is C11H10ClN3OS. The Labute approximate surface area is 108 Å². The molecule has 6 heteroatoms. The van der Waals surface area contributed by atoms with E-state index in [9.17, 15) is 4.79 Å². The lowest BCUT2D eigenvalue weighted by Crippen LogP contribution is -2.11. The summed E-state index contributed by atoms with van der Waals surface area (Å²) in [6.45, 7) is 1.78. The number of nitrogens with one attached hydrogen (secondary N) is 1. The van der Waals surface area contributed by atoms with Gasteiger partial charge in [-0.25, -0.2) is 4.98 Å². The van der Waals surface area contributed by atoms with E-state index in [0.29, 0.717) is 22.4 Å². The maximum absolute atomic E-state index is 11.9. The highest BCUT2D eigenvalue weighted by atomic mass is 35.5. The van der Waals surface area contributed by atoms with E-state index < -0.39 is 0 Å². The van der Waals surface area contributed by atoms with Crippen molar-refractivity contribution in [3.8, 4) is 0 Å². The van der Waals surface area contributed by atoms with Crippen molar-refractivity contribution in [1.29, 1.82) is 0 Å². The van der Waals surface area contributed by atoms with Crippen LogP contribution in [0.2, 0.25) is 0 Å². The van der Waals surface area contributed by atoms with E-state index in [1.807, 2.05) is 6.07 Å². The molecule has 2 rings (SSSR count). The lowest BCUT2D eigenvalue weighted by molar-refractivity contribution is 0.102. The molecule has 0 unspecified atom stereocenters. The van der Waals surface area contributed by atoms with Crippen LogP contribution in [0, 0.1) is 6.92 Å². The third kappa shape index (κ3) is 3.01. The van der Waals surface area contributed by atoms with Crippen molar-refractivity contribution in [3.63, 3.8) is 0 Å². The summed E-state index contributed by atoms with van der Waals surface area (Å²) < 4.78 is 3.99. The fourth-order valence-electron chi connectivity index (χ4n) is 1.31. The number of hydrogen-bond acceptors (Lipinski definition) is 4. The van der Waals surface area contributed by atoms with Crippen LogP contribution in [0.25, 0.3) is 0 Å². The Bertz CT molecular complexity index is 541. The number of alkyl halides is 1. The summed E-state index contributed by atoms with van der Waals surface area (Å²) in [5.74, 6) is 0.840. The summed E-state index contributed by atoms with van der Waals surface area (Å²) in [7, 11) is 0. The summed E-state index contributed by atoms with van der Waals surface area (Å²) in [6, 6.07) is 7.17. The van der Waals surface area contributed by atoms with Gasteiger partial charge in [-0.05, 0) is 24.6 Å². The molecule has 0 bridgehead atoms. The Morgan fingerprint density at radius 1 is 1.53 bits per heavy atom. The van der Waals surface area contributed by atoms with Gasteiger partial charge < -0.3 is 0 Å². The zero-order valence-corrected chi connectivity index (χ0v) is 10.7. The van der Waals surface area contributed by atoms with Crippen molar-refractivity contribution in [2.45, 2.75) is 12.8 Å². The third-order valence-corrected chi connectivity index (χ3v) is 3.12. The van der Waals surface area contributed by atoms with Crippen LogP contribution < -0.4 is 5.32 Å². The van der Waals surface area contributed by atoms with Crippen molar-refractivity contribution in [1.82, 2.24) is 9.36 Å². The first-order valence-corrected chi connectivity index (χ1v) is 6.26. The van der Waals surface area contributed by atoms with Crippen molar-refractivity contribution < 1.29 is 4.79 Å². The number of carbonyl (C=O) groups is 1. The minimum atomic E-state index is -0.201. The van der Waals surface area contributed by atoms with Gasteiger partial charge in [0.1, 0.15) is 5.82 Å². The van der Waals surface area contributed by atoms with Gasteiger partial charge in [0.05, 0.1) is 0 Å². The Hall–Kier alpha value is -1.46. The molecule has 2 aromatic rings. The average Bonchev–Trinajstić information content (AvgIpc) is 2.75. The number of amides is 1. The number of halogens is 1. The van der Waals surface area contributed by atoms with Gasteiger partial charge in [-0.1, -0.05) is 12.1 Å². The van der Waals surface area contributed by atoms with E-state index in [-0.39, 0.29) is 5.91 Å². The predicted octanol–water partition coefficient (Wildman–Crippen LogP) is 2.84. The molecule has 0 radical (unpaired) electrons.